The maximum atomic E-state index is 9.31. The molecular weight excluding hydrogens is 276 g/mol. The second-order valence-corrected chi connectivity index (χ2v) is 3.21. The minimum Gasteiger partial charge on any atom is -0.394 e. The van der Waals surface area contributed by atoms with Gasteiger partial charge in [-0.15, -0.1) is 17.0 Å². The second kappa shape index (κ2) is 6.06. The van der Waals surface area contributed by atoms with Gasteiger partial charge in [0.2, 0.25) is 0 Å². The minimum atomic E-state index is -1.69. The number of hydrogen-bond acceptors (Lipinski definition) is 7. The number of ether oxygens (including phenoxy) is 1. The lowest BCUT2D eigenvalue weighted by Crippen LogP contribution is -2.61. The van der Waals surface area contributed by atoms with E-state index < -0.39 is 43.4 Å². The van der Waals surface area contributed by atoms with Gasteiger partial charge in [0.1, 0.15) is 30.5 Å². The monoisotopic (exact) mass is 290 g/mol. The van der Waals surface area contributed by atoms with Crippen molar-refractivity contribution in [3.63, 3.8) is 0 Å². The summed E-state index contributed by atoms with van der Waals surface area (Å²) in [7, 11) is 0. The molecule has 2 unspecified atom stereocenters. The van der Waals surface area contributed by atoms with Gasteiger partial charge in [0.25, 0.3) is 0 Å². The molecule has 15 heavy (non-hydrogen) atoms. The summed E-state index contributed by atoms with van der Waals surface area (Å²) in [5.41, 5.74) is 0. The summed E-state index contributed by atoms with van der Waals surface area (Å²) in [5.74, 6) is 0. The summed E-state index contributed by atoms with van der Waals surface area (Å²) < 4.78 is 4.62. The average Bonchev–Trinajstić information content (AvgIpc) is 2.19. The van der Waals surface area contributed by atoms with E-state index in [1.807, 2.05) is 0 Å². The fourth-order valence-corrected chi connectivity index (χ4v) is 1.31. The van der Waals surface area contributed by atoms with Crippen LogP contribution in [0.15, 0.2) is 0 Å². The van der Waals surface area contributed by atoms with Gasteiger partial charge in [0.15, 0.2) is 6.29 Å². The van der Waals surface area contributed by atoms with Crippen LogP contribution in [-0.4, -0.2) is 74.1 Å². The maximum Gasteiger partial charge on any atom is 0.184 e. The summed E-state index contributed by atoms with van der Waals surface area (Å²) in [5, 5.41) is 54.3. The van der Waals surface area contributed by atoms with Crippen LogP contribution in [0, 0.1) is 0 Å². The average molecular weight is 291 g/mol. The normalized spacial score (nSPS) is 43.2. The Labute approximate surface area is 96.3 Å². The first-order valence-electron chi connectivity index (χ1n) is 4.15. The van der Waals surface area contributed by atoms with Crippen molar-refractivity contribution in [2.24, 2.45) is 0 Å². The zero-order valence-electron chi connectivity index (χ0n) is 7.67. The Morgan fingerprint density at radius 1 is 1.00 bits per heavy atom. The van der Waals surface area contributed by atoms with E-state index in [9.17, 15) is 10.2 Å². The molecule has 0 bridgehead atoms. The fourth-order valence-electron chi connectivity index (χ4n) is 1.31. The molecule has 0 aromatic carbocycles. The summed E-state index contributed by atoms with van der Waals surface area (Å²) in [6, 6.07) is 0. The van der Waals surface area contributed by atoms with Crippen LogP contribution in [0.25, 0.3) is 0 Å². The predicted octanol–water partition coefficient (Wildman–Crippen LogP) is -3.28. The molecule has 0 amide bonds. The van der Waals surface area contributed by atoms with E-state index >= 15 is 0 Å². The number of rotatable bonds is 2. The van der Waals surface area contributed by atoms with Crippen LogP contribution in [0.2, 0.25) is 0 Å². The van der Waals surface area contributed by atoms with E-state index in [1.165, 1.54) is 0 Å². The zero-order valence-corrected chi connectivity index (χ0v) is 9.38. The molecule has 0 aromatic rings. The largest absolute Gasteiger partial charge is 0.394 e. The quantitative estimate of drug-likeness (QED) is 0.314. The van der Waals surface area contributed by atoms with Crippen molar-refractivity contribution >= 4 is 17.0 Å². The third kappa shape index (κ3) is 3.08. The Morgan fingerprint density at radius 2 is 1.53 bits per heavy atom. The molecule has 92 valence electrons. The van der Waals surface area contributed by atoms with Crippen LogP contribution in [0.5, 0.6) is 0 Å². The Kier molecular flexibility index (Phi) is 6.14. The Bertz CT molecular complexity index is 192. The van der Waals surface area contributed by atoms with Crippen LogP contribution in [-0.2, 0) is 4.74 Å². The molecule has 1 fully saturated rings. The van der Waals surface area contributed by atoms with Crippen molar-refractivity contribution < 1.29 is 35.4 Å². The van der Waals surface area contributed by atoms with Crippen molar-refractivity contribution in [1.82, 2.24) is 0 Å². The Hall–Kier alpha value is 0.200. The van der Waals surface area contributed by atoms with Gasteiger partial charge in [0.05, 0.1) is 6.61 Å². The van der Waals surface area contributed by atoms with Crippen LogP contribution < -0.4 is 0 Å². The summed E-state index contributed by atoms with van der Waals surface area (Å²) >= 11 is 0. The van der Waals surface area contributed by atoms with Crippen LogP contribution in [0.4, 0.5) is 0 Å². The molecule has 0 saturated carbocycles. The van der Waals surface area contributed by atoms with Crippen molar-refractivity contribution in [3.8, 4) is 0 Å². The molecule has 1 aliphatic rings. The topological polar surface area (TPSA) is 131 Å². The van der Waals surface area contributed by atoms with Crippen molar-refractivity contribution in [2.45, 2.75) is 36.8 Å². The van der Waals surface area contributed by atoms with Gasteiger partial charge in [-0.2, -0.15) is 0 Å². The van der Waals surface area contributed by atoms with Gasteiger partial charge in [-0.3, -0.25) is 0 Å². The highest BCUT2D eigenvalue weighted by Gasteiger charge is 2.45. The molecule has 6 N–H and O–H groups in total. The summed E-state index contributed by atoms with van der Waals surface area (Å²) in [6.07, 6.45) is -9.26. The lowest BCUT2D eigenvalue weighted by atomic mass is 9.96. The molecule has 0 aliphatic carbocycles. The molecule has 1 saturated heterocycles. The standard InChI is InChI=1S/C7H14O7.BrH/c8-1-2(9)6-4(11)3(10)5(12)7(13)14-6;/h2-13H,1H2;1H/t2?,3-,4+,5+,6+,7?;/m0./s1. The number of hydrogen-bond donors (Lipinski definition) is 6. The molecule has 0 aromatic heterocycles. The predicted molar refractivity (Wildman–Crippen MR) is 52.3 cm³/mol. The highest BCUT2D eigenvalue weighted by Crippen LogP contribution is 2.21. The van der Waals surface area contributed by atoms with E-state index in [0.717, 1.165) is 0 Å². The van der Waals surface area contributed by atoms with Crippen LogP contribution in [0.3, 0.4) is 0 Å². The Balaban J connectivity index is 0.00000196. The van der Waals surface area contributed by atoms with Crippen molar-refractivity contribution in [3.05, 3.63) is 0 Å². The van der Waals surface area contributed by atoms with Crippen molar-refractivity contribution in [2.75, 3.05) is 6.61 Å². The van der Waals surface area contributed by atoms with Crippen LogP contribution in [0.1, 0.15) is 0 Å². The second-order valence-electron chi connectivity index (χ2n) is 3.21. The van der Waals surface area contributed by atoms with Gasteiger partial charge in [0, 0.05) is 0 Å². The first kappa shape index (κ1) is 15.2. The van der Waals surface area contributed by atoms with Gasteiger partial charge in [-0.1, -0.05) is 0 Å². The van der Waals surface area contributed by atoms with E-state index in [4.69, 9.17) is 20.4 Å². The lowest BCUT2D eigenvalue weighted by Gasteiger charge is -2.39. The molecule has 1 heterocycles. The maximum absolute atomic E-state index is 9.31. The third-order valence-electron chi connectivity index (χ3n) is 2.19. The first-order chi connectivity index (χ1) is 6.49. The smallest absolute Gasteiger partial charge is 0.184 e. The third-order valence-corrected chi connectivity index (χ3v) is 2.19. The molecular formula is C7H15BrO7. The van der Waals surface area contributed by atoms with E-state index in [1.54, 1.807) is 0 Å². The molecule has 0 radical (unpaired) electrons. The highest BCUT2D eigenvalue weighted by atomic mass is 79.9. The molecule has 8 heteroatoms. The molecule has 6 atom stereocenters. The van der Waals surface area contributed by atoms with E-state index in [-0.39, 0.29) is 17.0 Å². The number of halogens is 1. The number of aliphatic hydroxyl groups is 6. The minimum absolute atomic E-state index is 0. The molecule has 7 nitrogen and oxygen atoms in total. The number of aliphatic hydroxyl groups excluding tert-OH is 6. The summed E-state index contributed by atoms with van der Waals surface area (Å²) in [4.78, 5) is 0. The van der Waals surface area contributed by atoms with Crippen LogP contribution >= 0.6 is 17.0 Å². The zero-order chi connectivity index (χ0) is 10.9. The first-order valence-corrected chi connectivity index (χ1v) is 4.15. The lowest BCUT2D eigenvalue weighted by molar-refractivity contribution is -0.298. The van der Waals surface area contributed by atoms with Gasteiger partial charge < -0.3 is 35.4 Å². The van der Waals surface area contributed by atoms with Crippen molar-refractivity contribution in [1.29, 1.82) is 0 Å². The van der Waals surface area contributed by atoms with Gasteiger partial charge in [-0.05, 0) is 0 Å². The van der Waals surface area contributed by atoms with Gasteiger partial charge >= 0.3 is 0 Å². The molecule has 1 rings (SSSR count). The summed E-state index contributed by atoms with van der Waals surface area (Å²) in [6.45, 7) is -0.683. The SMILES string of the molecule is Br.OCC(O)[C@H]1OC(O)[C@H](O)[C@@H](O)[C@H]1O. The van der Waals surface area contributed by atoms with E-state index in [2.05, 4.69) is 4.74 Å². The Morgan fingerprint density at radius 3 is 2.00 bits per heavy atom. The van der Waals surface area contributed by atoms with E-state index in [0.29, 0.717) is 0 Å². The molecule has 1 aliphatic heterocycles. The fraction of sp³-hybridized carbons (Fsp3) is 1.00. The van der Waals surface area contributed by atoms with Gasteiger partial charge in [-0.25, -0.2) is 0 Å². The molecule has 0 spiro atoms. The highest BCUT2D eigenvalue weighted by molar-refractivity contribution is 8.93.